The van der Waals surface area contributed by atoms with Gasteiger partial charge in [0.1, 0.15) is 5.60 Å². The molecular formula is C17H21NO2. The summed E-state index contributed by atoms with van der Waals surface area (Å²) in [5, 5.41) is 3.35. The first-order chi connectivity index (χ1) is 9.80. The number of carbonyl (C=O) groups excluding carboxylic acids is 1. The van der Waals surface area contributed by atoms with Crippen LogP contribution in [0.4, 0.5) is 0 Å². The summed E-state index contributed by atoms with van der Waals surface area (Å²) >= 11 is 0. The maximum absolute atomic E-state index is 12.4. The van der Waals surface area contributed by atoms with Crippen LogP contribution in [0.25, 0.3) is 0 Å². The van der Waals surface area contributed by atoms with Gasteiger partial charge in [-0.3, -0.25) is 0 Å². The minimum Gasteiger partial charge on any atom is -0.451 e. The fourth-order valence-electron chi connectivity index (χ4n) is 3.12. The molecule has 0 atom stereocenters. The second-order valence-corrected chi connectivity index (χ2v) is 5.62. The van der Waals surface area contributed by atoms with Crippen molar-refractivity contribution >= 4 is 5.97 Å². The molecule has 0 radical (unpaired) electrons. The van der Waals surface area contributed by atoms with Crippen molar-refractivity contribution in [1.29, 1.82) is 0 Å². The summed E-state index contributed by atoms with van der Waals surface area (Å²) in [6, 6.07) is 10.2. The second-order valence-electron chi connectivity index (χ2n) is 5.62. The Kier molecular flexibility index (Phi) is 3.88. The molecule has 0 bridgehead atoms. The van der Waals surface area contributed by atoms with Gasteiger partial charge in [-0.1, -0.05) is 36.4 Å². The molecule has 1 N–H and O–H groups in total. The molecule has 1 heterocycles. The first kappa shape index (κ1) is 13.4. The number of ether oxygens (including phenoxy) is 1. The van der Waals surface area contributed by atoms with Crippen molar-refractivity contribution in [3.8, 4) is 0 Å². The fraction of sp³-hybridized carbons (Fsp3) is 0.471. The Morgan fingerprint density at radius 2 is 1.90 bits per heavy atom. The smallest absolute Gasteiger partial charge is 0.334 e. The summed E-state index contributed by atoms with van der Waals surface area (Å²) in [6.07, 6.45) is 6.66. The van der Waals surface area contributed by atoms with E-state index in [2.05, 4.69) is 17.4 Å². The summed E-state index contributed by atoms with van der Waals surface area (Å²) in [5.74, 6) is -0.117. The zero-order valence-corrected chi connectivity index (χ0v) is 11.7. The van der Waals surface area contributed by atoms with E-state index in [4.69, 9.17) is 4.74 Å². The molecule has 1 saturated heterocycles. The van der Waals surface area contributed by atoms with Crippen LogP contribution < -0.4 is 5.32 Å². The van der Waals surface area contributed by atoms with Crippen molar-refractivity contribution in [3.63, 3.8) is 0 Å². The minimum absolute atomic E-state index is 0.117. The van der Waals surface area contributed by atoms with Crippen LogP contribution in [0.15, 0.2) is 42.0 Å². The lowest BCUT2D eigenvalue weighted by Crippen LogP contribution is -2.43. The maximum atomic E-state index is 12.4. The number of piperidine rings is 1. The normalized spacial score (nSPS) is 21.3. The molecule has 0 saturated carbocycles. The third-order valence-corrected chi connectivity index (χ3v) is 4.30. The largest absolute Gasteiger partial charge is 0.451 e. The van der Waals surface area contributed by atoms with E-state index in [1.807, 2.05) is 24.3 Å². The van der Waals surface area contributed by atoms with Gasteiger partial charge in [0.15, 0.2) is 0 Å². The number of benzene rings is 1. The predicted molar refractivity (Wildman–Crippen MR) is 78.2 cm³/mol. The van der Waals surface area contributed by atoms with Gasteiger partial charge in [0.2, 0.25) is 0 Å². The fourth-order valence-corrected chi connectivity index (χ4v) is 3.12. The Bertz CT molecular complexity index is 501. The summed E-state index contributed by atoms with van der Waals surface area (Å²) in [7, 11) is 0. The number of carbonyl (C=O) groups is 1. The topological polar surface area (TPSA) is 38.3 Å². The molecule has 106 valence electrons. The maximum Gasteiger partial charge on any atom is 0.334 e. The number of rotatable bonds is 3. The highest BCUT2D eigenvalue weighted by atomic mass is 16.6. The first-order valence-electron chi connectivity index (χ1n) is 7.49. The lowest BCUT2D eigenvalue weighted by atomic mass is 9.84. The number of allylic oxidation sites excluding steroid dienone is 1. The Morgan fingerprint density at radius 3 is 2.55 bits per heavy atom. The van der Waals surface area contributed by atoms with Gasteiger partial charge in [0, 0.05) is 18.4 Å². The van der Waals surface area contributed by atoms with Crippen molar-refractivity contribution < 1.29 is 9.53 Å². The number of esters is 1. The molecule has 0 amide bonds. The SMILES string of the molecule is O=C(OC1(c2ccccc2)CCNCC1)C1=CCCC1. The van der Waals surface area contributed by atoms with E-state index in [0.29, 0.717) is 0 Å². The zero-order valence-electron chi connectivity index (χ0n) is 11.7. The molecule has 1 fully saturated rings. The average Bonchev–Trinajstić information content (AvgIpc) is 3.03. The Hall–Kier alpha value is -1.61. The second kappa shape index (κ2) is 5.80. The predicted octanol–water partition coefficient (Wildman–Crippen LogP) is 2.92. The summed E-state index contributed by atoms with van der Waals surface area (Å²) < 4.78 is 6.00. The Morgan fingerprint density at radius 1 is 1.15 bits per heavy atom. The minimum atomic E-state index is -0.451. The van der Waals surface area contributed by atoms with Gasteiger partial charge in [-0.15, -0.1) is 0 Å². The highest BCUT2D eigenvalue weighted by Crippen LogP contribution is 2.36. The van der Waals surface area contributed by atoms with Crippen LogP contribution in [0.3, 0.4) is 0 Å². The molecular weight excluding hydrogens is 250 g/mol. The van der Waals surface area contributed by atoms with Crippen LogP contribution in [0.5, 0.6) is 0 Å². The molecule has 1 aromatic rings. The molecule has 1 aliphatic carbocycles. The number of hydrogen-bond acceptors (Lipinski definition) is 3. The molecule has 1 aliphatic heterocycles. The molecule has 3 nitrogen and oxygen atoms in total. The van der Waals surface area contributed by atoms with Gasteiger partial charge in [0.05, 0.1) is 0 Å². The summed E-state index contributed by atoms with van der Waals surface area (Å²) in [5.41, 5.74) is 1.53. The van der Waals surface area contributed by atoms with Crippen LogP contribution in [-0.2, 0) is 15.1 Å². The molecule has 0 unspecified atom stereocenters. The quantitative estimate of drug-likeness (QED) is 0.859. The third kappa shape index (κ3) is 2.63. The van der Waals surface area contributed by atoms with E-state index in [0.717, 1.165) is 56.3 Å². The standard InChI is InChI=1S/C17H21NO2/c19-16(14-6-4-5-7-14)20-17(10-12-18-13-11-17)15-8-2-1-3-9-15/h1-3,6,8-9,18H,4-5,7,10-13H2. The zero-order chi connectivity index (χ0) is 13.8. The van der Waals surface area contributed by atoms with Crippen molar-refractivity contribution in [2.45, 2.75) is 37.7 Å². The monoisotopic (exact) mass is 271 g/mol. The van der Waals surface area contributed by atoms with Gasteiger partial charge in [-0.05, 0) is 37.9 Å². The van der Waals surface area contributed by atoms with E-state index in [9.17, 15) is 4.79 Å². The highest BCUT2D eigenvalue weighted by Gasteiger charge is 2.38. The lowest BCUT2D eigenvalue weighted by molar-refractivity contribution is -0.159. The van der Waals surface area contributed by atoms with Gasteiger partial charge in [-0.2, -0.15) is 0 Å². The molecule has 2 aliphatic rings. The third-order valence-electron chi connectivity index (χ3n) is 4.30. The summed E-state index contributed by atoms with van der Waals surface area (Å²) in [4.78, 5) is 12.4. The molecule has 0 spiro atoms. The molecule has 3 heteroatoms. The van der Waals surface area contributed by atoms with E-state index >= 15 is 0 Å². The van der Waals surface area contributed by atoms with Gasteiger partial charge < -0.3 is 10.1 Å². The van der Waals surface area contributed by atoms with Crippen molar-refractivity contribution in [3.05, 3.63) is 47.5 Å². The van der Waals surface area contributed by atoms with E-state index < -0.39 is 5.60 Å². The van der Waals surface area contributed by atoms with Crippen molar-refractivity contribution in [1.82, 2.24) is 5.32 Å². The molecule has 3 rings (SSSR count). The molecule has 1 aromatic carbocycles. The van der Waals surface area contributed by atoms with Gasteiger partial charge in [-0.25, -0.2) is 4.79 Å². The molecule has 0 aromatic heterocycles. The van der Waals surface area contributed by atoms with Crippen LogP contribution >= 0.6 is 0 Å². The van der Waals surface area contributed by atoms with Crippen LogP contribution in [-0.4, -0.2) is 19.1 Å². The average molecular weight is 271 g/mol. The van der Waals surface area contributed by atoms with Crippen LogP contribution in [0.2, 0.25) is 0 Å². The van der Waals surface area contributed by atoms with E-state index in [1.165, 1.54) is 0 Å². The van der Waals surface area contributed by atoms with E-state index in [-0.39, 0.29) is 5.97 Å². The number of hydrogen-bond donors (Lipinski definition) is 1. The molecule has 20 heavy (non-hydrogen) atoms. The first-order valence-corrected chi connectivity index (χ1v) is 7.49. The van der Waals surface area contributed by atoms with Gasteiger partial charge in [0.25, 0.3) is 0 Å². The van der Waals surface area contributed by atoms with Crippen molar-refractivity contribution in [2.24, 2.45) is 0 Å². The Balaban J connectivity index is 1.84. The summed E-state index contributed by atoms with van der Waals surface area (Å²) in [6.45, 7) is 1.78. The van der Waals surface area contributed by atoms with Gasteiger partial charge >= 0.3 is 5.97 Å². The van der Waals surface area contributed by atoms with Crippen LogP contribution in [0, 0.1) is 0 Å². The van der Waals surface area contributed by atoms with E-state index in [1.54, 1.807) is 0 Å². The Labute approximate surface area is 120 Å². The number of nitrogens with one attached hydrogen (secondary N) is 1. The van der Waals surface area contributed by atoms with Crippen LogP contribution in [0.1, 0.15) is 37.7 Å². The van der Waals surface area contributed by atoms with Crippen molar-refractivity contribution in [2.75, 3.05) is 13.1 Å². The lowest BCUT2D eigenvalue weighted by Gasteiger charge is -2.37. The highest BCUT2D eigenvalue weighted by molar-refractivity contribution is 5.89.